The Labute approximate surface area is 127 Å². The lowest BCUT2D eigenvalue weighted by Crippen LogP contribution is -2.33. The van der Waals surface area contributed by atoms with Gasteiger partial charge in [0, 0.05) is 19.7 Å². The number of aryl methyl sites for hydroxylation is 1. The van der Waals surface area contributed by atoms with Crippen molar-refractivity contribution in [3.05, 3.63) is 29.8 Å². The van der Waals surface area contributed by atoms with Crippen LogP contribution in [0.5, 0.6) is 0 Å². The largest absolute Gasteiger partial charge is 0.396 e. The zero-order valence-corrected chi connectivity index (χ0v) is 13.1. The van der Waals surface area contributed by atoms with E-state index < -0.39 is 10.0 Å². The van der Waals surface area contributed by atoms with Gasteiger partial charge in [-0.15, -0.1) is 0 Å². The average molecular weight is 312 g/mol. The average Bonchev–Trinajstić information content (AvgIpc) is 2.98. The topological polar surface area (TPSA) is 69.6 Å². The number of nitrogens with zero attached hydrogens (tertiary/aromatic N) is 1. The minimum atomic E-state index is -3.42. The summed E-state index contributed by atoms with van der Waals surface area (Å²) >= 11 is 0. The summed E-state index contributed by atoms with van der Waals surface area (Å²) in [5.41, 5.74) is 1.04. The first-order valence-corrected chi connectivity index (χ1v) is 9.02. The van der Waals surface area contributed by atoms with Crippen LogP contribution >= 0.6 is 0 Å². The highest BCUT2D eigenvalue weighted by Gasteiger charge is 2.15. The number of nitrogens with one attached hydrogen (secondary N) is 1. The van der Waals surface area contributed by atoms with E-state index in [1.54, 1.807) is 12.1 Å². The van der Waals surface area contributed by atoms with Crippen molar-refractivity contribution in [3.63, 3.8) is 0 Å². The summed E-state index contributed by atoms with van der Waals surface area (Å²) in [6.45, 7) is 3.52. The smallest absolute Gasteiger partial charge is 0.240 e. The minimum Gasteiger partial charge on any atom is -0.396 e. The molecule has 0 aromatic heterocycles. The molecular formula is C15H24N2O3S. The van der Waals surface area contributed by atoms with Gasteiger partial charge in [-0.1, -0.05) is 12.1 Å². The van der Waals surface area contributed by atoms with Crippen molar-refractivity contribution in [1.29, 1.82) is 0 Å². The molecule has 0 spiro atoms. The van der Waals surface area contributed by atoms with Crippen molar-refractivity contribution in [3.8, 4) is 0 Å². The molecule has 1 heterocycles. The van der Waals surface area contributed by atoms with Gasteiger partial charge in [0.2, 0.25) is 10.0 Å². The van der Waals surface area contributed by atoms with E-state index in [0.717, 1.165) is 31.6 Å². The maximum atomic E-state index is 12.2. The molecule has 118 valence electrons. The van der Waals surface area contributed by atoms with Crippen LogP contribution in [0.4, 0.5) is 0 Å². The van der Waals surface area contributed by atoms with Gasteiger partial charge in [0.05, 0.1) is 4.90 Å². The fourth-order valence-electron chi connectivity index (χ4n) is 2.55. The first-order chi connectivity index (χ1) is 10.1. The third kappa shape index (κ3) is 5.07. The first kappa shape index (κ1) is 16.4. The third-order valence-corrected chi connectivity index (χ3v) is 5.25. The van der Waals surface area contributed by atoms with Gasteiger partial charge in [-0.2, -0.15) is 0 Å². The minimum absolute atomic E-state index is 0.151. The van der Waals surface area contributed by atoms with Gasteiger partial charge in [-0.25, -0.2) is 13.1 Å². The Hall–Kier alpha value is -0.950. The molecule has 5 nitrogen and oxygen atoms in total. The molecule has 1 aliphatic rings. The van der Waals surface area contributed by atoms with E-state index in [-0.39, 0.29) is 6.61 Å². The van der Waals surface area contributed by atoms with Crippen LogP contribution in [0, 0.1) is 0 Å². The number of likely N-dealkylation sites (tertiary alicyclic amines) is 1. The lowest BCUT2D eigenvalue weighted by molar-refractivity contribution is 0.288. The standard InChI is InChI=1S/C15H24N2O3S/c18-13-3-4-14-5-7-15(8-6-14)21(19,20)16-9-12-17-10-1-2-11-17/h5-8,16,18H,1-4,9-13H2. The summed E-state index contributed by atoms with van der Waals surface area (Å²) in [5.74, 6) is 0. The molecule has 1 aromatic carbocycles. The predicted octanol–water partition coefficient (Wildman–Crippen LogP) is 0.986. The predicted molar refractivity (Wildman–Crippen MR) is 82.7 cm³/mol. The number of benzene rings is 1. The maximum Gasteiger partial charge on any atom is 0.240 e. The summed E-state index contributed by atoms with van der Waals surface area (Å²) < 4.78 is 27.0. The molecule has 0 aliphatic carbocycles. The van der Waals surface area contributed by atoms with Crippen molar-refractivity contribution < 1.29 is 13.5 Å². The number of hydrogen-bond acceptors (Lipinski definition) is 4. The first-order valence-electron chi connectivity index (χ1n) is 7.53. The molecule has 21 heavy (non-hydrogen) atoms. The molecule has 0 unspecified atom stereocenters. The van der Waals surface area contributed by atoms with Gasteiger partial charge < -0.3 is 10.0 Å². The highest BCUT2D eigenvalue weighted by atomic mass is 32.2. The summed E-state index contributed by atoms with van der Waals surface area (Å²) in [5, 5.41) is 8.79. The molecule has 0 radical (unpaired) electrons. The second-order valence-corrected chi connectivity index (χ2v) is 7.18. The molecular weight excluding hydrogens is 288 g/mol. The molecule has 2 N–H and O–H groups in total. The van der Waals surface area contributed by atoms with Crippen molar-refractivity contribution in [2.45, 2.75) is 30.6 Å². The molecule has 1 saturated heterocycles. The molecule has 2 rings (SSSR count). The summed E-state index contributed by atoms with van der Waals surface area (Å²) in [7, 11) is -3.42. The second kappa shape index (κ2) is 7.89. The number of aliphatic hydroxyl groups excluding tert-OH is 1. The van der Waals surface area contributed by atoms with Gasteiger partial charge >= 0.3 is 0 Å². The van der Waals surface area contributed by atoms with E-state index in [4.69, 9.17) is 5.11 Å². The highest BCUT2D eigenvalue weighted by molar-refractivity contribution is 7.89. The van der Waals surface area contributed by atoms with Gasteiger partial charge in [0.1, 0.15) is 0 Å². The van der Waals surface area contributed by atoms with E-state index in [2.05, 4.69) is 9.62 Å². The molecule has 0 saturated carbocycles. The van der Waals surface area contributed by atoms with E-state index >= 15 is 0 Å². The van der Waals surface area contributed by atoms with Crippen LogP contribution in [-0.4, -0.2) is 51.2 Å². The van der Waals surface area contributed by atoms with Crippen molar-refractivity contribution >= 4 is 10.0 Å². The normalized spacial score (nSPS) is 16.4. The molecule has 0 bridgehead atoms. The van der Waals surface area contributed by atoms with Crippen molar-refractivity contribution in [2.24, 2.45) is 0 Å². The van der Waals surface area contributed by atoms with E-state index in [1.807, 2.05) is 12.1 Å². The Morgan fingerprint density at radius 1 is 1.14 bits per heavy atom. The quantitative estimate of drug-likeness (QED) is 0.751. The Bertz CT molecular complexity index is 522. The SMILES string of the molecule is O=S(=O)(NCCN1CCCC1)c1ccc(CCCO)cc1. The Balaban J connectivity index is 1.85. The maximum absolute atomic E-state index is 12.2. The van der Waals surface area contributed by atoms with Gasteiger partial charge in [0.15, 0.2) is 0 Å². The third-order valence-electron chi connectivity index (χ3n) is 3.78. The molecule has 1 fully saturated rings. The molecule has 1 aromatic rings. The van der Waals surface area contributed by atoms with E-state index in [9.17, 15) is 8.42 Å². The Morgan fingerprint density at radius 2 is 1.81 bits per heavy atom. The number of rotatable bonds is 8. The van der Waals surface area contributed by atoms with Crippen LogP contribution in [0.25, 0.3) is 0 Å². The summed E-state index contributed by atoms with van der Waals surface area (Å²) in [6, 6.07) is 6.88. The zero-order chi connectivity index (χ0) is 15.1. The molecule has 0 atom stereocenters. The lowest BCUT2D eigenvalue weighted by atomic mass is 10.1. The molecule has 0 amide bonds. The van der Waals surface area contributed by atoms with E-state index in [1.165, 1.54) is 12.8 Å². The molecule has 1 aliphatic heterocycles. The van der Waals surface area contributed by atoms with Gasteiger partial charge in [0.25, 0.3) is 0 Å². The fraction of sp³-hybridized carbons (Fsp3) is 0.600. The van der Waals surface area contributed by atoms with Crippen LogP contribution < -0.4 is 4.72 Å². The van der Waals surface area contributed by atoms with Crippen molar-refractivity contribution in [2.75, 3.05) is 32.8 Å². The summed E-state index contributed by atoms with van der Waals surface area (Å²) in [6.07, 6.45) is 3.88. The Morgan fingerprint density at radius 3 is 2.43 bits per heavy atom. The van der Waals surface area contributed by atoms with Gasteiger partial charge in [-0.3, -0.25) is 0 Å². The molecule has 6 heteroatoms. The van der Waals surface area contributed by atoms with Crippen LogP contribution in [0.15, 0.2) is 29.2 Å². The fourth-order valence-corrected chi connectivity index (χ4v) is 3.57. The Kier molecular flexibility index (Phi) is 6.17. The number of sulfonamides is 1. The van der Waals surface area contributed by atoms with Crippen LogP contribution in [0.3, 0.4) is 0 Å². The lowest BCUT2D eigenvalue weighted by Gasteiger charge is -2.15. The zero-order valence-electron chi connectivity index (χ0n) is 12.3. The summed E-state index contributed by atoms with van der Waals surface area (Å²) in [4.78, 5) is 2.58. The highest BCUT2D eigenvalue weighted by Crippen LogP contribution is 2.12. The van der Waals surface area contributed by atoms with Crippen molar-refractivity contribution in [1.82, 2.24) is 9.62 Å². The number of aliphatic hydroxyl groups is 1. The van der Waals surface area contributed by atoms with Crippen LogP contribution in [0.1, 0.15) is 24.8 Å². The van der Waals surface area contributed by atoms with Crippen LogP contribution in [0.2, 0.25) is 0 Å². The van der Waals surface area contributed by atoms with Gasteiger partial charge in [-0.05, 0) is 56.5 Å². The second-order valence-electron chi connectivity index (χ2n) is 5.42. The van der Waals surface area contributed by atoms with Crippen LogP contribution in [-0.2, 0) is 16.4 Å². The number of hydrogen-bond donors (Lipinski definition) is 2. The monoisotopic (exact) mass is 312 g/mol. The van der Waals surface area contributed by atoms with E-state index in [0.29, 0.717) is 17.9 Å².